The van der Waals surface area contributed by atoms with Crippen molar-refractivity contribution in [1.82, 2.24) is 0 Å². The minimum atomic E-state index is -4.80. The maximum atomic E-state index is 13.4. The molecule has 3 saturated carbocycles. The third kappa shape index (κ3) is 1.50. The van der Waals surface area contributed by atoms with Crippen molar-refractivity contribution in [2.45, 2.75) is 31.0 Å². The van der Waals surface area contributed by atoms with Crippen molar-refractivity contribution in [1.29, 1.82) is 0 Å². The molecule has 0 atom stereocenters. The van der Waals surface area contributed by atoms with Crippen LogP contribution in [-0.2, 0) is 6.42 Å². The molecule has 0 saturated heterocycles. The second kappa shape index (κ2) is 3.28. The van der Waals surface area contributed by atoms with Crippen LogP contribution in [0.25, 0.3) is 0 Å². The summed E-state index contributed by atoms with van der Waals surface area (Å²) in [4.78, 5) is 0. The molecule has 4 rings (SSSR count). The second-order valence-corrected chi connectivity index (χ2v) is 5.88. The van der Waals surface area contributed by atoms with Crippen LogP contribution in [-0.4, -0.2) is 6.98 Å². The molecule has 98 valence electrons. The van der Waals surface area contributed by atoms with Crippen LogP contribution < -0.4 is 0 Å². The fraction of sp³-hybridized carbons (Fsp3) is 0.500. The molecule has 3 aliphatic rings. The van der Waals surface area contributed by atoms with Crippen molar-refractivity contribution in [3.63, 3.8) is 0 Å². The molecule has 3 aliphatic carbocycles. The Morgan fingerprint density at radius 2 is 1.67 bits per heavy atom. The van der Waals surface area contributed by atoms with Gasteiger partial charge < -0.3 is 12.9 Å². The molecule has 0 aromatic heterocycles. The van der Waals surface area contributed by atoms with Gasteiger partial charge in [-0.3, -0.25) is 0 Å². The van der Waals surface area contributed by atoms with Gasteiger partial charge in [0.25, 0.3) is 0 Å². The highest BCUT2D eigenvalue weighted by Crippen LogP contribution is 2.83. The van der Waals surface area contributed by atoms with Gasteiger partial charge >= 0.3 is 6.98 Å². The summed E-state index contributed by atoms with van der Waals surface area (Å²) in [5, 5.41) is -1.47. The van der Waals surface area contributed by atoms with Gasteiger partial charge in [-0.2, -0.15) is 0 Å². The average molecular weight is 261 g/mol. The maximum absolute atomic E-state index is 13.4. The number of hydrogen-bond acceptors (Lipinski definition) is 0. The van der Waals surface area contributed by atoms with Gasteiger partial charge in [-0.1, -0.05) is 24.6 Å². The quantitative estimate of drug-likeness (QED) is 0.562. The van der Waals surface area contributed by atoms with Gasteiger partial charge in [0.15, 0.2) is 0 Å². The third-order valence-corrected chi connectivity index (χ3v) is 4.45. The van der Waals surface area contributed by atoms with E-state index in [1.807, 2.05) is 0 Å². The van der Waals surface area contributed by atoms with Gasteiger partial charge in [0.05, 0.1) is 0 Å². The lowest BCUT2D eigenvalue weighted by atomic mass is 9.23. The molecule has 0 unspecified atom stereocenters. The largest absolute Gasteiger partial charge is 0.484 e. The topological polar surface area (TPSA) is 0 Å². The Kier molecular flexibility index (Phi) is 2.18. The first kappa shape index (κ1) is 12.0. The summed E-state index contributed by atoms with van der Waals surface area (Å²) in [5.74, 6) is -1.08. The molecule has 0 nitrogen and oxygen atoms in total. The highest BCUT2D eigenvalue weighted by atomic mass is 19.4. The SMILES string of the molecule is Fc1ccc(F)c(CC23CC([B-](F)(F)F)(C2)C3)c1. The summed E-state index contributed by atoms with van der Waals surface area (Å²) < 4.78 is 64.5. The van der Waals surface area contributed by atoms with E-state index in [-0.39, 0.29) is 31.2 Å². The molecule has 0 radical (unpaired) electrons. The van der Waals surface area contributed by atoms with E-state index >= 15 is 0 Å². The van der Waals surface area contributed by atoms with E-state index in [4.69, 9.17) is 0 Å². The van der Waals surface area contributed by atoms with Crippen LogP contribution >= 0.6 is 0 Å². The zero-order valence-electron chi connectivity index (χ0n) is 9.53. The summed E-state index contributed by atoms with van der Waals surface area (Å²) >= 11 is 0. The molecule has 0 amide bonds. The molecular formula is C12H11BF5-. The van der Waals surface area contributed by atoms with E-state index in [1.54, 1.807) is 0 Å². The van der Waals surface area contributed by atoms with Gasteiger partial charge in [-0.05, 0) is 35.6 Å². The Hall–Kier alpha value is -1.07. The molecule has 0 heterocycles. The zero-order chi connectivity index (χ0) is 13.2. The normalized spacial score (nSPS) is 33.8. The Morgan fingerprint density at radius 1 is 1.06 bits per heavy atom. The van der Waals surface area contributed by atoms with Crippen LogP contribution in [0, 0.1) is 17.0 Å². The lowest BCUT2D eigenvalue weighted by Crippen LogP contribution is -2.65. The zero-order valence-corrected chi connectivity index (χ0v) is 9.53. The minimum absolute atomic E-state index is 0.0828. The lowest BCUT2D eigenvalue weighted by molar-refractivity contribution is -0.112. The highest BCUT2D eigenvalue weighted by molar-refractivity contribution is 6.63. The van der Waals surface area contributed by atoms with Gasteiger partial charge in [-0.15, -0.1) is 0 Å². The maximum Gasteiger partial charge on any atom is 0.484 e. The fourth-order valence-electron chi connectivity index (χ4n) is 3.70. The van der Waals surface area contributed by atoms with E-state index in [2.05, 4.69) is 0 Å². The summed E-state index contributed by atoms with van der Waals surface area (Å²) in [6.07, 6.45) is 0.461. The predicted molar refractivity (Wildman–Crippen MR) is 58.1 cm³/mol. The molecule has 0 aliphatic heterocycles. The van der Waals surface area contributed by atoms with Crippen molar-refractivity contribution >= 4 is 6.98 Å². The molecular weight excluding hydrogens is 250 g/mol. The molecule has 1 aromatic rings. The second-order valence-electron chi connectivity index (χ2n) is 5.88. The van der Waals surface area contributed by atoms with Crippen LogP contribution in [0.5, 0.6) is 0 Å². The number of halogens is 5. The smallest absolute Gasteiger partial charge is 0.449 e. The van der Waals surface area contributed by atoms with Crippen molar-refractivity contribution in [2.24, 2.45) is 5.41 Å². The molecule has 18 heavy (non-hydrogen) atoms. The minimum Gasteiger partial charge on any atom is -0.449 e. The van der Waals surface area contributed by atoms with Gasteiger partial charge in [0.2, 0.25) is 0 Å². The Labute approximate surface area is 101 Å². The Balaban J connectivity index is 1.73. The fourth-order valence-corrected chi connectivity index (χ4v) is 3.70. The first-order valence-corrected chi connectivity index (χ1v) is 5.89. The summed E-state index contributed by atoms with van der Waals surface area (Å²) in [6, 6.07) is 3.13. The van der Waals surface area contributed by atoms with Gasteiger partial charge in [-0.25, -0.2) is 8.78 Å². The molecule has 0 N–H and O–H groups in total. The van der Waals surface area contributed by atoms with Crippen LogP contribution in [0.2, 0.25) is 5.31 Å². The van der Waals surface area contributed by atoms with Crippen molar-refractivity contribution < 1.29 is 21.7 Å². The predicted octanol–water partition coefficient (Wildman–Crippen LogP) is 4.28. The van der Waals surface area contributed by atoms with Crippen LogP contribution in [0.1, 0.15) is 24.8 Å². The summed E-state index contributed by atoms with van der Waals surface area (Å²) in [6.45, 7) is -4.80. The Bertz CT molecular complexity index is 488. The van der Waals surface area contributed by atoms with Crippen LogP contribution in [0.3, 0.4) is 0 Å². The lowest BCUT2D eigenvalue weighted by Gasteiger charge is -2.75. The molecule has 1 aromatic carbocycles. The number of hydrogen-bond donors (Lipinski definition) is 0. The van der Waals surface area contributed by atoms with E-state index in [1.165, 1.54) is 0 Å². The molecule has 6 heteroatoms. The van der Waals surface area contributed by atoms with E-state index in [0.717, 1.165) is 18.2 Å². The molecule has 2 bridgehead atoms. The van der Waals surface area contributed by atoms with Crippen molar-refractivity contribution in [3.8, 4) is 0 Å². The van der Waals surface area contributed by atoms with E-state index in [0.29, 0.717) is 0 Å². The van der Waals surface area contributed by atoms with E-state index < -0.39 is 29.3 Å². The van der Waals surface area contributed by atoms with Crippen LogP contribution in [0.15, 0.2) is 18.2 Å². The monoisotopic (exact) mass is 261 g/mol. The number of rotatable bonds is 3. The highest BCUT2D eigenvalue weighted by Gasteiger charge is 2.73. The standard InChI is InChI=1S/C12H11BF5/c14-9-1-2-10(15)8(3-9)4-11-5-12(6-11,7-11)13(16,17)18/h1-3H,4-7H2/q-1. The molecule has 0 spiro atoms. The van der Waals surface area contributed by atoms with Gasteiger partial charge in [0, 0.05) is 0 Å². The van der Waals surface area contributed by atoms with Crippen LogP contribution in [0.4, 0.5) is 21.7 Å². The number of benzene rings is 1. The summed E-state index contributed by atoms with van der Waals surface area (Å²) in [7, 11) is 0. The Morgan fingerprint density at radius 3 is 2.22 bits per heavy atom. The third-order valence-electron chi connectivity index (χ3n) is 4.45. The van der Waals surface area contributed by atoms with Crippen molar-refractivity contribution in [3.05, 3.63) is 35.4 Å². The average Bonchev–Trinajstić information content (AvgIpc) is 2.12. The first-order valence-electron chi connectivity index (χ1n) is 5.89. The molecule has 3 fully saturated rings. The summed E-state index contributed by atoms with van der Waals surface area (Å²) in [5.41, 5.74) is -0.246. The van der Waals surface area contributed by atoms with Crippen molar-refractivity contribution in [2.75, 3.05) is 0 Å². The van der Waals surface area contributed by atoms with Gasteiger partial charge in [0.1, 0.15) is 11.6 Å². The first-order chi connectivity index (χ1) is 8.25. The van der Waals surface area contributed by atoms with E-state index in [9.17, 15) is 21.7 Å².